The van der Waals surface area contributed by atoms with Crippen molar-refractivity contribution in [1.82, 2.24) is 14.2 Å². The summed E-state index contributed by atoms with van der Waals surface area (Å²) in [6.45, 7) is 1.62. The number of pyridine rings is 1. The molecule has 0 unspecified atom stereocenters. The van der Waals surface area contributed by atoms with Crippen LogP contribution in [0.1, 0.15) is 12.8 Å². The Labute approximate surface area is 132 Å². The van der Waals surface area contributed by atoms with Crippen molar-refractivity contribution in [3.8, 4) is 0 Å². The molecule has 0 N–H and O–H groups in total. The molecule has 1 saturated carbocycles. The normalized spacial score (nSPS) is 20.5. The van der Waals surface area contributed by atoms with Crippen LogP contribution < -0.4 is 0 Å². The Morgan fingerprint density at radius 2 is 1.86 bits per heavy atom. The number of carbonyl (C=O) groups excluding carboxylic acids is 1. The number of hydrogen-bond acceptors (Lipinski definition) is 4. The van der Waals surface area contributed by atoms with Gasteiger partial charge >= 0.3 is 0 Å². The number of hydrogen-bond donors (Lipinski definition) is 0. The highest BCUT2D eigenvalue weighted by Crippen LogP contribution is 2.31. The minimum Gasteiger partial charge on any atom is -0.340 e. The molecule has 1 aliphatic carbocycles. The smallest absolute Gasteiger partial charge is 0.244 e. The van der Waals surface area contributed by atoms with Crippen molar-refractivity contribution in [2.24, 2.45) is 5.92 Å². The molecule has 1 aliphatic heterocycles. The lowest BCUT2D eigenvalue weighted by Gasteiger charge is -2.34. The number of nitrogens with zero attached hydrogens (tertiary/aromatic N) is 3. The lowest BCUT2D eigenvalue weighted by molar-refractivity contribution is -0.133. The van der Waals surface area contributed by atoms with Crippen LogP contribution in [0.5, 0.6) is 0 Å². The first kappa shape index (κ1) is 14.9. The molecule has 21 heavy (non-hydrogen) atoms. The van der Waals surface area contributed by atoms with E-state index in [2.05, 4.69) is 20.9 Å². The third-order valence-electron chi connectivity index (χ3n) is 3.79. The highest BCUT2D eigenvalue weighted by molar-refractivity contribution is 9.10. The summed E-state index contributed by atoms with van der Waals surface area (Å²) in [6.07, 6.45) is 4.84. The third-order valence-corrected chi connectivity index (χ3v) is 6.09. The maximum atomic E-state index is 12.5. The zero-order valence-electron chi connectivity index (χ0n) is 11.4. The van der Waals surface area contributed by atoms with Gasteiger partial charge in [-0.05, 0) is 34.8 Å². The van der Waals surface area contributed by atoms with Crippen LogP contribution in [-0.4, -0.2) is 54.7 Å². The molecule has 1 amide bonds. The molecule has 2 aliphatic rings. The van der Waals surface area contributed by atoms with Crippen molar-refractivity contribution in [2.45, 2.75) is 17.7 Å². The topological polar surface area (TPSA) is 70.6 Å². The zero-order chi connectivity index (χ0) is 15.0. The van der Waals surface area contributed by atoms with E-state index in [4.69, 9.17) is 0 Å². The molecular weight excluding hydrogens is 358 g/mol. The van der Waals surface area contributed by atoms with Crippen LogP contribution in [0, 0.1) is 5.92 Å². The summed E-state index contributed by atoms with van der Waals surface area (Å²) >= 11 is 3.23. The second-order valence-corrected chi connectivity index (χ2v) is 8.20. The van der Waals surface area contributed by atoms with Crippen molar-refractivity contribution in [3.63, 3.8) is 0 Å². The van der Waals surface area contributed by atoms with Crippen molar-refractivity contribution >= 4 is 31.9 Å². The predicted molar refractivity (Wildman–Crippen MR) is 80.0 cm³/mol. The largest absolute Gasteiger partial charge is 0.340 e. The Balaban J connectivity index is 1.69. The third kappa shape index (κ3) is 3.12. The van der Waals surface area contributed by atoms with Gasteiger partial charge in [-0.2, -0.15) is 4.31 Å². The zero-order valence-corrected chi connectivity index (χ0v) is 13.8. The molecule has 114 valence electrons. The molecule has 3 rings (SSSR count). The summed E-state index contributed by atoms with van der Waals surface area (Å²) in [7, 11) is -3.54. The minimum atomic E-state index is -3.54. The second-order valence-electron chi connectivity index (χ2n) is 5.34. The van der Waals surface area contributed by atoms with E-state index >= 15 is 0 Å². The average Bonchev–Trinajstić information content (AvgIpc) is 3.31. The summed E-state index contributed by atoms with van der Waals surface area (Å²) in [5.41, 5.74) is 0. The molecule has 0 aromatic carbocycles. The Kier molecular flexibility index (Phi) is 4.02. The van der Waals surface area contributed by atoms with Gasteiger partial charge in [-0.25, -0.2) is 8.42 Å². The maximum Gasteiger partial charge on any atom is 0.244 e. The average molecular weight is 374 g/mol. The van der Waals surface area contributed by atoms with E-state index in [1.54, 1.807) is 17.2 Å². The summed E-state index contributed by atoms with van der Waals surface area (Å²) in [5, 5.41) is 0. The number of amides is 1. The van der Waals surface area contributed by atoms with E-state index in [1.807, 2.05) is 0 Å². The number of carbonyl (C=O) groups is 1. The van der Waals surface area contributed by atoms with Gasteiger partial charge in [0.1, 0.15) is 4.90 Å². The number of piperazine rings is 1. The van der Waals surface area contributed by atoms with E-state index < -0.39 is 10.0 Å². The first-order valence-electron chi connectivity index (χ1n) is 6.88. The fourth-order valence-corrected chi connectivity index (χ4v) is 4.35. The van der Waals surface area contributed by atoms with Crippen LogP contribution in [0.25, 0.3) is 0 Å². The van der Waals surface area contributed by atoms with Gasteiger partial charge in [0, 0.05) is 49.0 Å². The van der Waals surface area contributed by atoms with Gasteiger partial charge in [0.25, 0.3) is 0 Å². The Morgan fingerprint density at radius 1 is 1.19 bits per heavy atom. The lowest BCUT2D eigenvalue weighted by atomic mass is 10.3. The molecule has 1 aromatic rings. The molecule has 1 aromatic heterocycles. The highest BCUT2D eigenvalue weighted by atomic mass is 79.9. The van der Waals surface area contributed by atoms with E-state index in [0.29, 0.717) is 30.7 Å². The fraction of sp³-hybridized carbons (Fsp3) is 0.538. The van der Waals surface area contributed by atoms with E-state index in [-0.39, 0.29) is 16.7 Å². The summed E-state index contributed by atoms with van der Waals surface area (Å²) in [5.74, 6) is 0.360. The monoisotopic (exact) mass is 373 g/mol. The van der Waals surface area contributed by atoms with Crippen LogP contribution in [0.3, 0.4) is 0 Å². The van der Waals surface area contributed by atoms with E-state index in [1.165, 1.54) is 10.5 Å². The SMILES string of the molecule is O=C(C1CC1)N1CCN(S(=O)(=O)c2cncc(Br)c2)CC1. The van der Waals surface area contributed by atoms with Crippen molar-refractivity contribution in [2.75, 3.05) is 26.2 Å². The molecular formula is C13H16BrN3O3S. The Bertz CT molecular complexity index is 652. The first-order valence-corrected chi connectivity index (χ1v) is 9.11. The first-order chi connectivity index (χ1) is 9.98. The number of sulfonamides is 1. The van der Waals surface area contributed by atoms with E-state index in [0.717, 1.165) is 12.8 Å². The maximum absolute atomic E-state index is 12.5. The fourth-order valence-electron chi connectivity index (χ4n) is 2.42. The predicted octanol–water partition coefficient (Wildman–Crippen LogP) is 1.09. The van der Waals surface area contributed by atoms with Gasteiger partial charge in [-0.1, -0.05) is 0 Å². The van der Waals surface area contributed by atoms with Gasteiger partial charge in [-0.3, -0.25) is 9.78 Å². The molecule has 2 fully saturated rings. The number of halogens is 1. The molecule has 2 heterocycles. The van der Waals surface area contributed by atoms with Crippen LogP contribution in [0.2, 0.25) is 0 Å². The van der Waals surface area contributed by atoms with Crippen molar-refractivity contribution in [1.29, 1.82) is 0 Å². The Hall–Kier alpha value is -0.990. The number of aromatic nitrogens is 1. The van der Waals surface area contributed by atoms with E-state index in [9.17, 15) is 13.2 Å². The van der Waals surface area contributed by atoms with Gasteiger partial charge in [0.15, 0.2) is 0 Å². The van der Waals surface area contributed by atoms with Crippen molar-refractivity contribution < 1.29 is 13.2 Å². The van der Waals surface area contributed by atoms with Crippen LogP contribution in [0.15, 0.2) is 27.8 Å². The van der Waals surface area contributed by atoms with Crippen LogP contribution >= 0.6 is 15.9 Å². The quantitative estimate of drug-likeness (QED) is 0.794. The van der Waals surface area contributed by atoms with Gasteiger partial charge in [0.2, 0.25) is 15.9 Å². The second kappa shape index (κ2) is 5.66. The molecule has 1 saturated heterocycles. The van der Waals surface area contributed by atoms with Crippen LogP contribution in [0.4, 0.5) is 0 Å². The number of rotatable bonds is 3. The van der Waals surface area contributed by atoms with Gasteiger partial charge < -0.3 is 4.90 Å². The molecule has 0 spiro atoms. The van der Waals surface area contributed by atoms with Gasteiger partial charge in [0.05, 0.1) is 0 Å². The summed E-state index contributed by atoms with van der Waals surface area (Å²) in [4.78, 5) is 17.8. The van der Waals surface area contributed by atoms with Crippen LogP contribution in [-0.2, 0) is 14.8 Å². The molecule has 0 atom stereocenters. The lowest BCUT2D eigenvalue weighted by Crippen LogP contribution is -2.50. The van der Waals surface area contributed by atoms with Crippen molar-refractivity contribution in [3.05, 3.63) is 22.9 Å². The standard InChI is InChI=1S/C13H16BrN3O3S/c14-11-7-12(9-15-8-11)21(19,20)17-5-3-16(4-6-17)13(18)10-1-2-10/h7-10H,1-6H2. The summed E-state index contributed by atoms with van der Waals surface area (Å²) in [6, 6.07) is 1.55. The minimum absolute atomic E-state index is 0.177. The summed E-state index contributed by atoms with van der Waals surface area (Å²) < 4.78 is 27.1. The molecule has 8 heteroatoms. The Morgan fingerprint density at radius 3 is 2.43 bits per heavy atom. The van der Waals surface area contributed by atoms with Gasteiger partial charge in [-0.15, -0.1) is 0 Å². The molecule has 0 radical (unpaired) electrons. The molecule has 0 bridgehead atoms. The highest BCUT2D eigenvalue weighted by Gasteiger charge is 2.36. The molecule has 6 nitrogen and oxygen atoms in total.